The first kappa shape index (κ1) is 29.0. The fraction of sp³-hybridized carbons (Fsp3) is 0.435. The van der Waals surface area contributed by atoms with E-state index in [1.165, 1.54) is 13.0 Å². The highest BCUT2D eigenvalue weighted by atomic mass is 32.2. The van der Waals surface area contributed by atoms with Crippen molar-refractivity contribution in [3.05, 3.63) is 58.1 Å². The van der Waals surface area contributed by atoms with Crippen LogP contribution in [0.25, 0.3) is 0 Å². The van der Waals surface area contributed by atoms with Crippen molar-refractivity contribution < 1.29 is 32.6 Å². The summed E-state index contributed by atoms with van der Waals surface area (Å²) in [4.78, 5) is 26.9. The molecule has 3 rings (SSSR count). The number of aromatic nitrogens is 2. The van der Waals surface area contributed by atoms with Gasteiger partial charge in [-0.2, -0.15) is 4.98 Å². The molecule has 0 spiro atoms. The number of benzene rings is 1. The number of aryl methyl sites for hydroxylation is 1. The molecule has 5 atom stereocenters. The summed E-state index contributed by atoms with van der Waals surface area (Å²) >= 11 is 0.983. The summed E-state index contributed by atoms with van der Waals surface area (Å²) in [6.45, 7) is 2.74. The van der Waals surface area contributed by atoms with Gasteiger partial charge in [0, 0.05) is 25.4 Å². The van der Waals surface area contributed by atoms with Crippen molar-refractivity contribution in [1.29, 1.82) is 0 Å². The van der Waals surface area contributed by atoms with E-state index in [0.29, 0.717) is 0 Å². The van der Waals surface area contributed by atoms with E-state index in [-0.39, 0.29) is 29.8 Å². The van der Waals surface area contributed by atoms with Crippen LogP contribution in [-0.2, 0) is 29.7 Å². The van der Waals surface area contributed by atoms with Crippen LogP contribution in [0.1, 0.15) is 24.3 Å². The van der Waals surface area contributed by atoms with Crippen LogP contribution in [0.15, 0.2) is 41.3 Å². The Balaban J connectivity index is 1.74. The van der Waals surface area contributed by atoms with E-state index < -0.39 is 44.1 Å². The SMILES string of the molecule is C#C[C@@]1(F)[C@H](O)[C@@H](COP(=O)(NCc2ccc(C)cc2)OCCSC(C)=O)O[C@H]1n1ccc(N)nc1=O. The number of nitrogen functional groups attached to an aromatic ring is 1. The Labute approximate surface area is 217 Å². The molecule has 1 aromatic carbocycles. The number of nitrogens with zero attached hydrogens (tertiary/aromatic N) is 2. The topological polar surface area (TPSA) is 155 Å². The van der Waals surface area contributed by atoms with Gasteiger partial charge in [0.15, 0.2) is 11.3 Å². The number of ether oxygens (including phenoxy) is 1. The highest BCUT2D eigenvalue weighted by Crippen LogP contribution is 2.47. The maximum absolute atomic E-state index is 15.6. The molecule has 0 aliphatic carbocycles. The van der Waals surface area contributed by atoms with Gasteiger partial charge in [-0.15, -0.1) is 6.42 Å². The van der Waals surface area contributed by atoms with Crippen LogP contribution in [0.4, 0.5) is 10.2 Å². The molecular weight excluding hydrogens is 526 g/mol. The van der Waals surface area contributed by atoms with Gasteiger partial charge in [0.25, 0.3) is 0 Å². The van der Waals surface area contributed by atoms with Crippen LogP contribution in [0.2, 0.25) is 0 Å². The van der Waals surface area contributed by atoms with Crippen LogP contribution in [0.5, 0.6) is 0 Å². The van der Waals surface area contributed by atoms with Gasteiger partial charge in [0.2, 0.25) is 5.67 Å². The van der Waals surface area contributed by atoms with Gasteiger partial charge in [-0.25, -0.2) is 18.8 Å². The lowest BCUT2D eigenvalue weighted by Gasteiger charge is -2.24. The van der Waals surface area contributed by atoms with Gasteiger partial charge in [-0.1, -0.05) is 47.5 Å². The first-order valence-electron chi connectivity index (χ1n) is 11.2. The second-order valence-electron chi connectivity index (χ2n) is 8.21. The molecule has 1 aliphatic heterocycles. The summed E-state index contributed by atoms with van der Waals surface area (Å²) in [5.41, 5.74) is 3.55. The molecule has 37 heavy (non-hydrogen) atoms. The predicted octanol–water partition coefficient (Wildman–Crippen LogP) is 1.94. The minimum atomic E-state index is -4.03. The van der Waals surface area contributed by atoms with E-state index in [4.69, 9.17) is 25.9 Å². The van der Waals surface area contributed by atoms with E-state index in [2.05, 4.69) is 10.1 Å². The van der Waals surface area contributed by atoms with Gasteiger partial charge in [-0.05, 0) is 18.6 Å². The fourth-order valence-electron chi connectivity index (χ4n) is 3.45. The average Bonchev–Trinajstić information content (AvgIpc) is 3.11. The molecule has 2 heterocycles. The van der Waals surface area contributed by atoms with Gasteiger partial charge < -0.3 is 15.6 Å². The lowest BCUT2D eigenvalue weighted by molar-refractivity contribution is -0.109. The third-order valence-corrected chi connectivity index (χ3v) is 7.76. The number of rotatable bonds is 11. The number of aliphatic hydroxyl groups is 1. The Hall–Kier alpha value is -2.56. The fourth-order valence-corrected chi connectivity index (χ4v) is 5.34. The molecule has 0 amide bonds. The smallest absolute Gasteiger partial charge is 0.386 e. The number of thioether (sulfide) groups is 1. The average molecular weight is 555 g/mol. The molecule has 0 radical (unpaired) electrons. The van der Waals surface area contributed by atoms with Crippen molar-refractivity contribution >= 4 is 30.4 Å². The molecule has 0 bridgehead atoms. The molecule has 1 aliphatic rings. The third kappa shape index (κ3) is 7.27. The first-order chi connectivity index (χ1) is 17.5. The van der Waals surface area contributed by atoms with Crippen LogP contribution in [0.3, 0.4) is 0 Å². The molecule has 14 heteroatoms. The lowest BCUT2D eigenvalue weighted by Crippen LogP contribution is -2.44. The van der Waals surface area contributed by atoms with E-state index in [0.717, 1.165) is 33.7 Å². The maximum atomic E-state index is 15.6. The Morgan fingerprint density at radius 2 is 2.11 bits per heavy atom. The number of terminal acetylenes is 1. The van der Waals surface area contributed by atoms with Crippen molar-refractivity contribution in [2.75, 3.05) is 24.7 Å². The zero-order valence-electron chi connectivity index (χ0n) is 20.2. The maximum Gasteiger partial charge on any atom is 0.405 e. The standard InChI is InChI=1S/C23H28FN4O7PS/c1-4-23(24)20(30)18(35-21(23)28-10-9-19(25)27-22(28)31)14-34-36(32,33-11-12-37-16(3)29)26-13-17-7-5-15(2)6-8-17/h1,5-10,18,20-21,30H,11-14H2,2-3H3,(H,26,32)(H2,25,27,31)/t18-,20-,21-,23-,36?/m1/s1. The summed E-state index contributed by atoms with van der Waals surface area (Å²) < 4.78 is 46.3. The van der Waals surface area contributed by atoms with Crippen LogP contribution < -0.4 is 16.5 Å². The van der Waals surface area contributed by atoms with Crippen LogP contribution >= 0.6 is 19.5 Å². The molecule has 0 saturated carbocycles. The molecule has 200 valence electrons. The van der Waals surface area contributed by atoms with Crippen molar-refractivity contribution in [2.24, 2.45) is 0 Å². The Morgan fingerprint density at radius 3 is 2.73 bits per heavy atom. The molecule has 1 saturated heterocycles. The second kappa shape index (κ2) is 12.3. The van der Waals surface area contributed by atoms with Crippen LogP contribution in [0, 0.1) is 19.3 Å². The van der Waals surface area contributed by atoms with Gasteiger partial charge in [0.1, 0.15) is 18.0 Å². The summed E-state index contributed by atoms with van der Waals surface area (Å²) in [7, 11) is -4.03. The summed E-state index contributed by atoms with van der Waals surface area (Å²) in [6, 6.07) is 8.66. The van der Waals surface area contributed by atoms with Crippen molar-refractivity contribution in [1.82, 2.24) is 14.6 Å². The van der Waals surface area contributed by atoms with Crippen molar-refractivity contribution in [3.8, 4) is 12.3 Å². The second-order valence-corrected chi connectivity index (χ2v) is 11.3. The number of nitrogens with two attached hydrogens (primary N) is 1. The molecular formula is C23H28FN4O7PS. The predicted molar refractivity (Wildman–Crippen MR) is 136 cm³/mol. The zero-order valence-corrected chi connectivity index (χ0v) is 21.9. The lowest BCUT2D eigenvalue weighted by atomic mass is 9.97. The number of halogens is 1. The number of carbonyl (C=O) groups is 1. The number of aliphatic hydroxyl groups excluding tert-OH is 1. The largest absolute Gasteiger partial charge is 0.405 e. The van der Waals surface area contributed by atoms with E-state index in [1.807, 2.05) is 37.1 Å². The highest BCUT2D eigenvalue weighted by molar-refractivity contribution is 8.13. The molecule has 11 nitrogen and oxygen atoms in total. The number of hydrogen-bond acceptors (Lipinski definition) is 10. The zero-order chi connectivity index (χ0) is 27.2. The van der Waals surface area contributed by atoms with Crippen LogP contribution in [-0.4, -0.2) is 56.6 Å². The number of nitrogens with one attached hydrogen (secondary N) is 1. The normalized spacial score (nSPS) is 24.9. The minimum absolute atomic E-state index is 0.0921. The number of anilines is 1. The number of carbonyl (C=O) groups excluding carboxylic acids is 1. The van der Waals surface area contributed by atoms with E-state index in [9.17, 15) is 19.3 Å². The monoisotopic (exact) mass is 554 g/mol. The molecule has 1 unspecified atom stereocenters. The minimum Gasteiger partial charge on any atom is -0.386 e. The quantitative estimate of drug-likeness (QED) is 0.212. The van der Waals surface area contributed by atoms with E-state index >= 15 is 4.39 Å². The van der Waals surface area contributed by atoms with Gasteiger partial charge in [0.05, 0.1) is 13.2 Å². The molecule has 1 aromatic heterocycles. The van der Waals surface area contributed by atoms with Gasteiger partial charge >= 0.3 is 13.4 Å². The highest BCUT2D eigenvalue weighted by Gasteiger charge is 2.58. The molecule has 1 fully saturated rings. The van der Waals surface area contributed by atoms with E-state index in [1.54, 1.807) is 0 Å². The summed E-state index contributed by atoms with van der Waals surface area (Å²) in [5, 5.41) is 13.2. The van der Waals surface area contributed by atoms with Crippen molar-refractivity contribution in [2.45, 2.75) is 44.5 Å². The Kier molecular flexibility index (Phi) is 9.66. The number of alkyl halides is 1. The summed E-state index contributed by atoms with van der Waals surface area (Å²) in [5.74, 6) is 1.97. The Bertz CT molecular complexity index is 1250. The van der Waals surface area contributed by atoms with Crippen molar-refractivity contribution in [3.63, 3.8) is 0 Å². The summed E-state index contributed by atoms with van der Waals surface area (Å²) in [6.07, 6.45) is 1.39. The molecule has 2 aromatic rings. The Morgan fingerprint density at radius 1 is 1.41 bits per heavy atom. The first-order valence-corrected chi connectivity index (χ1v) is 13.7. The molecule has 4 N–H and O–H groups in total. The third-order valence-electron chi connectivity index (χ3n) is 5.43. The van der Waals surface area contributed by atoms with Gasteiger partial charge in [-0.3, -0.25) is 18.4 Å². The number of hydrogen-bond donors (Lipinski definition) is 3.